The molecule has 1 aliphatic rings. The molecule has 1 unspecified atom stereocenters. The van der Waals surface area contributed by atoms with Gasteiger partial charge in [-0.05, 0) is 30.5 Å². The molecule has 0 amide bonds. The Morgan fingerprint density at radius 2 is 2.11 bits per heavy atom. The van der Waals surface area contributed by atoms with E-state index >= 15 is 0 Å². The van der Waals surface area contributed by atoms with Gasteiger partial charge in [-0.2, -0.15) is 0 Å². The third kappa shape index (κ3) is 3.63. The summed E-state index contributed by atoms with van der Waals surface area (Å²) in [4.78, 5) is 7.79. The minimum Gasteiger partial charge on any atom is -0.493 e. The molecule has 140 valence electrons. The van der Waals surface area contributed by atoms with E-state index in [1.54, 1.807) is 0 Å². The number of nitrogens with zero attached hydrogens (tertiary/aromatic N) is 1. The van der Waals surface area contributed by atoms with E-state index in [0.29, 0.717) is 0 Å². The lowest BCUT2D eigenvalue weighted by Crippen LogP contribution is -2.41. The fraction of sp³-hybridized carbons (Fsp3) is 0.318. The number of benzene rings is 2. The summed E-state index contributed by atoms with van der Waals surface area (Å²) in [5.74, 6) is 1.79. The SMILES string of the molecule is CN=C(NCCc1c[nH]c2c(C)cccc12)NC1CCOc2ccccc21. The molecular formula is C22H26N4O. The van der Waals surface area contributed by atoms with Gasteiger partial charge in [-0.15, -0.1) is 0 Å². The van der Waals surface area contributed by atoms with E-state index in [4.69, 9.17) is 4.74 Å². The Morgan fingerprint density at radius 1 is 1.22 bits per heavy atom. The van der Waals surface area contributed by atoms with E-state index in [0.717, 1.165) is 37.7 Å². The zero-order valence-electron chi connectivity index (χ0n) is 15.9. The zero-order chi connectivity index (χ0) is 18.6. The van der Waals surface area contributed by atoms with E-state index < -0.39 is 0 Å². The average molecular weight is 362 g/mol. The van der Waals surface area contributed by atoms with Crippen molar-refractivity contribution in [3.8, 4) is 5.75 Å². The summed E-state index contributed by atoms with van der Waals surface area (Å²) in [6.07, 6.45) is 3.98. The molecule has 4 rings (SSSR count). The van der Waals surface area contributed by atoms with Crippen molar-refractivity contribution in [2.24, 2.45) is 4.99 Å². The third-order valence-corrected chi connectivity index (χ3v) is 5.19. The molecule has 0 aliphatic carbocycles. The van der Waals surface area contributed by atoms with Gasteiger partial charge in [0.1, 0.15) is 5.75 Å². The van der Waals surface area contributed by atoms with Crippen molar-refractivity contribution in [3.05, 3.63) is 65.4 Å². The first-order valence-corrected chi connectivity index (χ1v) is 9.51. The molecule has 0 fully saturated rings. The van der Waals surface area contributed by atoms with Gasteiger partial charge in [-0.1, -0.05) is 36.4 Å². The minimum atomic E-state index is 0.219. The topological polar surface area (TPSA) is 61.4 Å². The van der Waals surface area contributed by atoms with E-state index in [9.17, 15) is 0 Å². The molecule has 1 aliphatic heterocycles. The van der Waals surface area contributed by atoms with Gasteiger partial charge < -0.3 is 20.4 Å². The Kier molecular flexibility index (Phi) is 5.01. The van der Waals surface area contributed by atoms with Crippen LogP contribution in [0.1, 0.15) is 29.2 Å². The number of aromatic nitrogens is 1. The van der Waals surface area contributed by atoms with Crippen molar-refractivity contribution in [1.29, 1.82) is 0 Å². The Hall–Kier alpha value is -2.95. The van der Waals surface area contributed by atoms with Gasteiger partial charge in [0.25, 0.3) is 0 Å². The quantitative estimate of drug-likeness (QED) is 0.490. The molecule has 2 aromatic carbocycles. The van der Waals surface area contributed by atoms with Gasteiger partial charge in [0.15, 0.2) is 5.96 Å². The van der Waals surface area contributed by atoms with Gasteiger partial charge in [-0.25, -0.2) is 0 Å². The molecule has 1 atom stereocenters. The van der Waals surface area contributed by atoms with Gasteiger partial charge in [0.2, 0.25) is 0 Å². The van der Waals surface area contributed by atoms with Crippen LogP contribution in [0.15, 0.2) is 53.7 Å². The Bertz CT molecular complexity index is 960. The highest BCUT2D eigenvalue weighted by molar-refractivity contribution is 5.86. The number of hydrogen-bond acceptors (Lipinski definition) is 2. The number of hydrogen-bond donors (Lipinski definition) is 3. The van der Waals surface area contributed by atoms with Crippen molar-refractivity contribution in [2.75, 3.05) is 20.2 Å². The van der Waals surface area contributed by atoms with Crippen LogP contribution in [0.2, 0.25) is 0 Å². The fourth-order valence-corrected chi connectivity index (χ4v) is 3.74. The number of para-hydroxylation sites is 2. The molecule has 0 bridgehead atoms. The van der Waals surface area contributed by atoms with Crippen molar-refractivity contribution >= 4 is 16.9 Å². The summed E-state index contributed by atoms with van der Waals surface area (Å²) in [6, 6.07) is 14.9. The summed E-state index contributed by atoms with van der Waals surface area (Å²) < 4.78 is 5.75. The maximum absolute atomic E-state index is 5.75. The molecule has 0 radical (unpaired) electrons. The predicted molar refractivity (Wildman–Crippen MR) is 111 cm³/mol. The maximum Gasteiger partial charge on any atom is 0.191 e. The zero-order valence-corrected chi connectivity index (χ0v) is 15.9. The minimum absolute atomic E-state index is 0.219. The molecule has 0 spiro atoms. The van der Waals surface area contributed by atoms with Crippen LogP contribution in [0.5, 0.6) is 5.75 Å². The van der Waals surface area contributed by atoms with Crippen molar-refractivity contribution in [1.82, 2.24) is 15.6 Å². The van der Waals surface area contributed by atoms with Crippen LogP contribution < -0.4 is 15.4 Å². The van der Waals surface area contributed by atoms with Crippen molar-refractivity contribution < 1.29 is 4.74 Å². The summed E-state index contributed by atoms with van der Waals surface area (Å²) >= 11 is 0. The van der Waals surface area contributed by atoms with Crippen LogP contribution >= 0.6 is 0 Å². The second kappa shape index (κ2) is 7.74. The van der Waals surface area contributed by atoms with Crippen LogP contribution in [0.4, 0.5) is 0 Å². The summed E-state index contributed by atoms with van der Waals surface area (Å²) in [5.41, 5.74) is 5.03. The standard InChI is InChI=1S/C22H26N4O/c1-15-6-5-8-17-16(14-25-21(15)17)10-12-24-22(23-2)26-19-11-13-27-20-9-4-3-7-18(19)20/h3-9,14,19,25H,10-13H2,1-2H3,(H2,23,24,26). The summed E-state index contributed by atoms with van der Waals surface area (Å²) in [7, 11) is 1.82. The molecule has 0 saturated carbocycles. The highest BCUT2D eigenvalue weighted by atomic mass is 16.5. The number of aryl methyl sites for hydroxylation is 1. The van der Waals surface area contributed by atoms with Crippen LogP contribution in [-0.4, -0.2) is 31.1 Å². The van der Waals surface area contributed by atoms with Crippen LogP contribution in [-0.2, 0) is 6.42 Å². The normalized spacial score (nSPS) is 16.7. The fourth-order valence-electron chi connectivity index (χ4n) is 3.74. The second-order valence-corrected chi connectivity index (χ2v) is 6.93. The van der Waals surface area contributed by atoms with Crippen LogP contribution in [0.3, 0.4) is 0 Å². The summed E-state index contributed by atoms with van der Waals surface area (Å²) in [5, 5.41) is 8.29. The van der Waals surface area contributed by atoms with Crippen molar-refractivity contribution in [2.45, 2.75) is 25.8 Å². The van der Waals surface area contributed by atoms with Gasteiger partial charge >= 0.3 is 0 Å². The first-order chi connectivity index (χ1) is 13.3. The third-order valence-electron chi connectivity index (χ3n) is 5.19. The number of ether oxygens (including phenoxy) is 1. The first kappa shape index (κ1) is 17.5. The molecule has 5 nitrogen and oxygen atoms in total. The lowest BCUT2D eigenvalue weighted by molar-refractivity contribution is 0.261. The lowest BCUT2D eigenvalue weighted by atomic mass is 10.0. The van der Waals surface area contributed by atoms with Crippen LogP contribution in [0.25, 0.3) is 10.9 Å². The number of guanidine groups is 1. The largest absolute Gasteiger partial charge is 0.493 e. The number of fused-ring (bicyclic) bond motifs is 2. The smallest absolute Gasteiger partial charge is 0.191 e. The second-order valence-electron chi connectivity index (χ2n) is 6.93. The average Bonchev–Trinajstić information content (AvgIpc) is 3.12. The summed E-state index contributed by atoms with van der Waals surface area (Å²) in [6.45, 7) is 3.68. The molecule has 3 N–H and O–H groups in total. The van der Waals surface area contributed by atoms with Gasteiger partial charge in [0, 0.05) is 42.7 Å². The Morgan fingerprint density at radius 3 is 3.00 bits per heavy atom. The molecule has 1 aromatic heterocycles. The predicted octanol–water partition coefficient (Wildman–Crippen LogP) is 3.71. The maximum atomic E-state index is 5.75. The highest BCUT2D eigenvalue weighted by Gasteiger charge is 2.21. The number of aromatic amines is 1. The number of rotatable bonds is 4. The van der Waals surface area contributed by atoms with Gasteiger partial charge in [0.05, 0.1) is 12.6 Å². The van der Waals surface area contributed by atoms with E-state index in [-0.39, 0.29) is 6.04 Å². The lowest BCUT2D eigenvalue weighted by Gasteiger charge is -2.28. The number of nitrogens with one attached hydrogen (secondary N) is 3. The monoisotopic (exact) mass is 362 g/mol. The molecular weight excluding hydrogens is 336 g/mol. The first-order valence-electron chi connectivity index (χ1n) is 9.51. The highest BCUT2D eigenvalue weighted by Crippen LogP contribution is 2.31. The molecule has 3 aromatic rings. The Labute approximate surface area is 159 Å². The molecule has 2 heterocycles. The van der Waals surface area contributed by atoms with Crippen molar-refractivity contribution in [3.63, 3.8) is 0 Å². The molecule has 5 heteroatoms. The molecule has 27 heavy (non-hydrogen) atoms. The Balaban J connectivity index is 1.38. The van der Waals surface area contributed by atoms with E-state index in [1.165, 1.54) is 27.6 Å². The van der Waals surface area contributed by atoms with E-state index in [2.05, 4.69) is 64.1 Å². The van der Waals surface area contributed by atoms with E-state index in [1.807, 2.05) is 19.2 Å². The molecule has 0 saturated heterocycles. The number of H-pyrrole nitrogens is 1. The number of aliphatic imine (C=N–C) groups is 1. The van der Waals surface area contributed by atoms with Gasteiger partial charge in [-0.3, -0.25) is 4.99 Å². The van der Waals surface area contributed by atoms with Crippen LogP contribution in [0, 0.1) is 6.92 Å².